The minimum absolute atomic E-state index is 0.105. The molecule has 1 aliphatic rings. The monoisotopic (exact) mass is 345 g/mol. The molecular formula is C14H20BrNO4. The predicted molar refractivity (Wildman–Crippen MR) is 79.2 cm³/mol. The lowest BCUT2D eigenvalue weighted by molar-refractivity contribution is 0.0863. The van der Waals surface area contributed by atoms with Crippen LogP contribution in [0.3, 0.4) is 0 Å². The third-order valence-electron chi connectivity index (χ3n) is 3.61. The molecule has 0 bridgehead atoms. The first-order valence-electron chi connectivity index (χ1n) is 6.69. The molecule has 0 saturated carbocycles. The molecule has 0 radical (unpaired) electrons. The van der Waals surface area contributed by atoms with E-state index in [4.69, 9.17) is 9.47 Å². The molecular weight excluding hydrogens is 326 g/mol. The van der Waals surface area contributed by atoms with Crippen molar-refractivity contribution >= 4 is 15.9 Å². The Morgan fingerprint density at radius 2 is 1.95 bits per heavy atom. The Morgan fingerprint density at radius 1 is 1.25 bits per heavy atom. The van der Waals surface area contributed by atoms with E-state index in [0.717, 1.165) is 21.5 Å². The SMILES string of the molecule is CCC(CO)(CO)NCc1cc(Br)c2c(c1)OCCO2. The van der Waals surface area contributed by atoms with Crippen LogP contribution in [-0.2, 0) is 6.54 Å². The summed E-state index contributed by atoms with van der Waals surface area (Å²) >= 11 is 3.47. The molecule has 2 rings (SSSR count). The van der Waals surface area contributed by atoms with E-state index < -0.39 is 5.54 Å². The molecule has 3 N–H and O–H groups in total. The zero-order valence-electron chi connectivity index (χ0n) is 11.5. The van der Waals surface area contributed by atoms with E-state index in [9.17, 15) is 10.2 Å². The van der Waals surface area contributed by atoms with Gasteiger partial charge in [0, 0.05) is 6.54 Å². The van der Waals surface area contributed by atoms with Gasteiger partial charge in [-0.2, -0.15) is 0 Å². The minimum atomic E-state index is -0.653. The highest BCUT2D eigenvalue weighted by atomic mass is 79.9. The molecule has 0 atom stereocenters. The number of rotatable bonds is 6. The fourth-order valence-corrected chi connectivity index (χ4v) is 2.67. The molecule has 1 heterocycles. The zero-order valence-corrected chi connectivity index (χ0v) is 13.1. The van der Waals surface area contributed by atoms with Crippen LogP contribution in [0.5, 0.6) is 11.5 Å². The van der Waals surface area contributed by atoms with Crippen LogP contribution in [0.2, 0.25) is 0 Å². The van der Waals surface area contributed by atoms with Crippen molar-refractivity contribution in [2.24, 2.45) is 0 Å². The maximum atomic E-state index is 9.42. The Labute approximate surface area is 127 Å². The zero-order chi connectivity index (χ0) is 14.6. The molecule has 0 fully saturated rings. The van der Waals surface area contributed by atoms with Gasteiger partial charge in [-0.1, -0.05) is 6.92 Å². The van der Waals surface area contributed by atoms with Crippen molar-refractivity contribution in [2.45, 2.75) is 25.4 Å². The van der Waals surface area contributed by atoms with Gasteiger partial charge in [0.2, 0.25) is 0 Å². The second kappa shape index (κ2) is 6.76. The van der Waals surface area contributed by atoms with Gasteiger partial charge >= 0.3 is 0 Å². The molecule has 1 aromatic carbocycles. The first-order chi connectivity index (χ1) is 9.64. The minimum Gasteiger partial charge on any atom is -0.486 e. The number of ether oxygens (including phenoxy) is 2. The topological polar surface area (TPSA) is 71.0 Å². The van der Waals surface area contributed by atoms with E-state index in [1.54, 1.807) is 0 Å². The van der Waals surface area contributed by atoms with Gasteiger partial charge in [-0.05, 0) is 40.0 Å². The van der Waals surface area contributed by atoms with Crippen molar-refractivity contribution < 1.29 is 19.7 Å². The lowest BCUT2D eigenvalue weighted by Crippen LogP contribution is -2.50. The van der Waals surface area contributed by atoms with Crippen LogP contribution in [-0.4, -0.2) is 42.2 Å². The predicted octanol–water partition coefficient (Wildman–Crippen LogP) is 1.44. The third kappa shape index (κ3) is 3.25. The maximum Gasteiger partial charge on any atom is 0.175 e. The molecule has 1 aromatic rings. The summed E-state index contributed by atoms with van der Waals surface area (Å²) in [6.07, 6.45) is 0.645. The van der Waals surface area contributed by atoms with E-state index in [-0.39, 0.29) is 13.2 Å². The third-order valence-corrected chi connectivity index (χ3v) is 4.20. The van der Waals surface area contributed by atoms with E-state index in [1.807, 2.05) is 19.1 Å². The Bertz CT molecular complexity index is 454. The van der Waals surface area contributed by atoms with Crippen LogP contribution in [0, 0.1) is 0 Å². The molecule has 20 heavy (non-hydrogen) atoms. The number of halogens is 1. The first-order valence-corrected chi connectivity index (χ1v) is 7.48. The van der Waals surface area contributed by atoms with Gasteiger partial charge in [0.15, 0.2) is 11.5 Å². The molecule has 1 aliphatic heterocycles. The van der Waals surface area contributed by atoms with Crippen molar-refractivity contribution in [3.63, 3.8) is 0 Å². The highest BCUT2D eigenvalue weighted by Crippen LogP contribution is 2.38. The number of hydrogen-bond acceptors (Lipinski definition) is 5. The molecule has 0 saturated heterocycles. The van der Waals surface area contributed by atoms with Gasteiger partial charge in [-0.25, -0.2) is 0 Å². The number of benzene rings is 1. The summed E-state index contributed by atoms with van der Waals surface area (Å²) in [4.78, 5) is 0. The van der Waals surface area contributed by atoms with Gasteiger partial charge in [-0.15, -0.1) is 0 Å². The highest BCUT2D eigenvalue weighted by Gasteiger charge is 2.26. The summed E-state index contributed by atoms with van der Waals surface area (Å²) in [5, 5.41) is 22.1. The molecule has 0 aromatic heterocycles. The summed E-state index contributed by atoms with van der Waals surface area (Å²) < 4.78 is 12.0. The fourth-order valence-electron chi connectivity index (χ4n) is 2.07. The van der Waals surface area contributed by atoms with Gasteiger partial charge < -0.3 is 25.0 Å². The number of aliphatic hydroxyl groups excluding tert-OH is 2. The number of nitrogens with one attached hydrogen (secondary N) is 1. The first kappa shape index (κ1) is 15.6. The Hall–Kier alpha value is -0.820. The Kier molecular flexibility index (Phi) is 5.26. The molecule has 112 valence electrons. The van der Waals surface area contributed by atoms with Gasteiger partial charge in [0.1, 0.15) is 13.2 Å². The molecule has 6 heteroatoms. The summed E-state index contributed by atoms with van der Waals surface area (Å²) in [6.45, 7) is 3.35. The lowest BCUT2D eigenvalue weighted by Gasteiger charge is -2.30. The summed E-state index contributed by atoms with van der Waals surface area (Å²) in [5.74, 6) is 1.45. The summed E-state index contributed by atoms with van der Waals surface area (Å²) in [5.41, 5.74) is 0.348. The summed E-state index contributed by atoms with van der Waals surface area (Å²) in [7, 11) is 0. The maximum absolute atomic E-state index is 9.42. The molecule has 0 aliphatic carbocycles. The van der Waals surface area contributed by atoms with E-state index in [1.165, 1.54) is 0 Å². The smallest absolute Gasteiger partial charge is 0.175 e. The normalized spacial score (nSPS) is 14.4. The number of aliphatic hydroxyl groups is 2. The van der Waals surface area contributed by atoms with Crippen molar-refractivity contribution in [3.8, 4) is 11.5 Å². The highest BCUT2D eigenvalue weighted by molar-refractivity contribution is 9.10. The summed E-state index contributed by atoms with van der Waals surface area (Å²) in [6, 6.07) is 3.87. The van der Waals surface area contributed by atoms with Crippen molar-refractivity contribution in [2.75, 3.05) is 26.4 Å². The second-order valence-corrected chi connectivity index (χ2v) is 5.76. The Morgan fingerprint density at radius 3 is 2.60 bits per heavy atom. The van der Waals surface area contributed by atoms with Crippen LogP contribution in [0.1, 0.15) is 18.9 Å². The van der Waals surface area contributed by atoms with Crippen LogP contribution in [0.25, 0.3) is 0 Å². The number of fused-ring (bicyclic) bond motifs is 1. The van der Waals surface area contributed by atoms with Crippen LogP contribution < -0.4 is 14.8 Å². The van der Waals surface area contributed by atoms with E-state index in [0.29, 0.717) is 26.2 Å². The van der Waals surface area contributed by atoms with Gasteiger partial charge in [0.25, 0.3) is 0 Å². The van der Waals surface area contributed by atoms with E-state index in [2.05, 4.69) is 21.2 Å². The average molecular weight is 346 g/mol. The Balaban J connectivity index is 2.12. The fraction of sp³-hybridized carbons (Fsp3) is 0.571. The van der Waals surface area contributed by atoms with Crippen LogP contribution >= 0.6 is 15.9 Å². The lowest BCUT2D eigenvalue weighted by atomic mass is 9.98. The molecule has 0 unspecified atom stereocenters. The number of hydrogen-bond donors (Lipinski definition) is 3. The van der Waals surface area contributed by atoms with Crippen molar-refractivity contribution in [1.82, 2.24) is 5.32 Å². The second-order valence-electron chi connectivity index (χ2n) is 4.91. The molecule has 0 amide bonds. The van der Waals surface area contributed by atoms with Crippen molar-refractivity contribution in [3.05, 3.63) is 22.2 Å². The molecule has 0 spiro atoms. The standard InChI is InChI=1S/C14H20BrNO4/c1-2-14(8-17,9-18)16-7-10-5-11(15)13-12(6-10)19-3-4-20-13/h5-6,16-18H,2-4,7-9H2,1H3. The molecule has 5 nitrogen and oxygen atoms in total. The average Bonchev–Trinajstić information content (AvgIpc) is 2.49. The van der Waals surface area contributed by atoms with Gasteiger partial charge in [-0.3, -0.25) is 0 Å². The quantitative estimate of drug-likeness (QED) is 0.727. The van der Waals surface area contributed by atoms with Crippen molar-refractivity contribution in [1.29, 1.82) is 0 Å². The van der Waals surface area contributed by atoms with Crippen LogP contribution in [0.4, 0.5) is 0 Å². The van der Waals surface area contributed by atoms with E-state index >= 15 is 0 Å². The van der Waals surface area contributed by atoms with Gasteiger partial charge in [0.05, 0.1) is 23.2 Å². The largest absolute Gasteiger partial charge is 0.486 e. The van der Waals surface area contributed by atoms with Crippen LogP contribution in [0.15, 0.2) is 16.6 Å².